The van der Waals surface area contributed by atoms with Crippen LogP contribution in [0.2, 0.25) is 0 Å². The topological polar surface area (TPSA) is 66.7 Å². The van der Waals surface area contributed by atoms with E-state index in [4.69, 9.17) is 0 Å². The first-order valence-electron chi connectivity index (χ1n) is 9.22. The molecule has 27 heavy (non-hydrogen) atoms. The number of aromatic hydroxyl groups is 1. The summed E-state index contributed by atoms with van der Waals surface area (Å²) in [4.78, 5) is 24.8. The zero-order valence-electron chi connectivity index (χ0n) is 17.3. The standard InChI is InChI=1S/C23H29NO3/c1-14(24-27)18-16(20(25)15-11-9-8-10-12-15)13-17(22(2,3)4)21(26)19(18)23(5,6)7/h8-14,26H,1-7H3. The Kier molecular flexibility index (Phi) is 5.60. The van der Waals surface area contributed by atoms with E-state index in [0.717, 1.165) is 0 Å². The van der Waals surface area contributed by atoms with Crippen molar-refractivity contribution in [1.82, 2.24) is 0 Å². The number of rotatable bonds is 4. The molecule has 0 heterocycles. The molecule has 4 heteroatoms. The first-order valence-corrected chi connectivity index (χ1v) is 9.22. The molecule has 0 aliphatic heterocycles. The predicted octanol–water partition coefficient (Wildman–Crippen LogP) is 6.05. The molecule has 0 fully saturated rings. The van der Waals surface area contributed by atoms with Crippen LogP contribution in [0.25, 0.3) is 0 Å². The number of hydrogen-bond donors (Lipinski definition) is 1. The second kappa shape index (κ2) is 7.26. The van der Waals surface area contributed by atoms with Crippen molar-refractivity contribution in [3.63, 3.8) is 0 Å². The number of phenolic OH excluding ortho intramolecular Hbond substituents is 1. The first-order chi connectivity index (χ1) is 12.4. The van der Waals surface area contributed by atoms with Gasteiger partial charge >= 0.3 is 0 Å². The van der Waals surface area contributed by atoms with Gasteiger partial charge in [-0.25, -0.2) is 0 Å². The normalized spacial score (nSPS) is 13.3. The molecule has 2 rings (SSSR count). The van der Waals surface area contributed by atoms with Crippen molar-refractivity contribution in [2.45, 2.75) is 65.3 Å². The molecule has 0 aliphatic rings. The van der Waals surface area contributed by atoms with E-state index in [0.29, 0.717) is 27.8 Å². The molecular formula is C23H29NO3. The molecule has 2 aromatic carbocycles. The summed E-state index contributed by atoms with van der Waals surface area (Å²) in [5.41, 5.74) is 1.95. The fourth-order valence-electron chi connectivity index (χ4n) is 3.44. The van der Waals surface area contributed by atoms with Gasteiger partial charge in [-0.3, -0.25) is 4.79 Å². The Balaban J connectivity index is 2.96. The molecule has 0 saturated carbocycles. The van der Waals surface area contributed by atoms with Crippen molar-refractivity contribution in [3.8, 4) is 5.75 Å². The van der Waals surface area contributed by atoms with Crippen LogP contribution in [0, 0.1) is 4.91 Å². The summed E-state index contributed by atoms with van der Waals surface area (Å²) in [6, 6.07) is 9.97. The van der Waals surface area contributed by atoms with Gasteiger partial charge in [0.1, 0.15) is 11.8 Å². The van der Waals surface area contributed by atoms with Crippen molar-refractivity contribution in [2.24, 2.45) is 5.18 Å². The van der Waals surface area contributed by atoms with Crippen LogP contribution in [0.5, 0.6) is 5.75 Å². The molecule has 144 valence electrons. The predicted molar refractivity (Wildman–Crippen MR) is 110 cm³/mol. The molecule has 0 amide bonds. The fourth-order valence-corrected chi connectivity index (χ4v) is 3.44. The van der Waals surface area contributed by atoms with Crippen molar-refractivity contribution in [1.29, 1.82) is 0 Å². The molecule has 0 aromatic heterocycles. The van der Waals surface area contributed by atoms with E-state index in [1.807, 2.05) is 59.7 Å². The van der Waals surface area contributed by atoms with E-state index < -0.39 is 11.5 Å². The van der Waals surface area contributed by atoms with Crippen molar-refractivity contribution < 1.29 is 9.90 Å². The van der Waals surface area contributed by atoms with Crippen LogP contribution in [0.15, 0.2) is 41.6 Å². The Morgan fingerprint density at radius 1 is 1.00 bits per heavy atom. The van der Waals surface area contributed by atoms with Crippen LogP contribution in [0.3, 0.4) is 0 Å². The van der Waals surface area contributed by atoms with Gasteiger partial charge in [0, 0.05) is 22.3 Å². The number of carbonyl (C=O) groups excluding carboxylic acids is 1. The largest absolute Gasteiger partial charge is 0.507 e. The van der Waals surface area contributed by atoms with Gasteiger partial charge in [0.2, 0.25) is 0 Å². The summed E-state index contributed by atoms with van der Waals surface area (Å²) in [5.74, 6) is -0.0257. The minimum atomic E-state index is -0.748. The lowest BCUT2D eigenvalue weighted by atomic mass is 9.73. The lowest BCUT2D eigenvalue weighted by Crippen LogP contribution is -2.23. The van der Waals surface area contributed by atoms with E-state index in [1.54, 1.807) is 25.1 Å². The number of nitroso groups, excluding NO2 is 1. The quantitative estimate of drug-likeness (QED) is 0.529. The summed E-state index contributed by atoms with van der Waals surface area (Å²) in [5, 5.41) is 14.3. The zero-order chi connectivity index (χ0) is 20.6. The van der Waals surface area contributed by atoms with E-state index in [2.05, 4.69) is 5.18 Å². The van der Waals surface area contributed by atoms with Crippen LogP contribution < -0.4 is 0 Å². The Hall–Kier alpha value is -2.49. The lowest BCUT2D eigenvalue weighted by Gasteiger charge is -2.31. The van der Waals surface area contributed by atoms with Crippen LogP contribution in [-0.4, -0.2) is 10.9 Å². The van der Waals surface area contributed by atoms with Crippen LogP contribution >= 0.6 is 0 Å². The third-order valence-electron chi connectivity index (χ3n) is 4.75. The third kappa shape index (κ3) is 4.10. The maximum Gasteiger partial charge on any atom is 0.193 e. The van der Waals surface area contributed by atoms with Gasteiger partial charge in [-0.2, -0.15) is 4.91 Å². The van der Waals surface area contributed by atoms with Crippen LogP contribution in [0.1, 0.15) is 87.1 Å². The summed E-state index contributed by atoms with van der Waals surface area (Å²) < 4.78 is 0. The molecule has 0 spiro atoms. The average Bonchev–Trinajstić information content (AvgIpc) is 2.58. The lowest BCUT2D eigenvalue weighted by molar-refractivity contribution is 0.103. The number of hydrogen-bond acceptors (Lipinski definition) is 4. The Morgan fingerprint density at radius 2 is 1.56 bits per heavy atom. The van der Waals surface area contributed by atoms with Gasteiger partial charge < -0.3 is 5.11 Å². The minimum Gasteiger partial charge on any atom is -0.507 e. The smallest absolute Gasteiger partial charge is 0.193 e. The number of nitrogens with zero attached hydrogens (tertiary/aromatic N) is 1. The van der Waals surface area contributed by atoms with E-state index >= 15 is 0 Å². The molecule has 4 nitrogen and oxygen atoms in total. The van der Waals surface area contributed by atoms with Gasteiger partial charge in [-0.05, 0) is 29.4 Å². The van der Waals surface area contributed by atoms with Gasteiger partial charge in [0.25, 0.3) is 0 Å². The third-order valence-corrected chi connectivity index (χ3v) is 4.75. The molecule has 1 N–H and O–H groups in total. The SMILES string of the molecule is CC(N=O)c1c(C(=O)c2ccccc2)cc(C(C)(C)C)c(O)c1C(C)(C)C. The molecule has 2 aromatic rings. The maximum absolute atomic E-state index is 13.3. The summed E-state index contributed by atoms with van der Waals surface area (Å²) in [7, 11) is 0. The maximum atomic E-state index is 13.3. The molecule has 1 atom stereocenters. The molecule has 1 unspecified atom stereocenters. The Bertz CT molecular complexity index is 856. The highest BCUT2D eigenvalue weighted by Crippen LogP contribution is 2.45. The fraction of sp³-hybridized carbons (Fsp3) is 0.435. The number of ketones is 1. The molecule has 0 saturated heterocycles. The van der Waals surface area contributed by atoms with Crippen molar-refractivity contribution in [2.75, 3.05) is 0 Å². The van der Waals surface area contributed by atoms with Crippen LogP contribution in [0.4, 0.5) is 0 Å². The van der Waals surface area contributed by atoms with Gasteiger partial charge in [0.15, 0.2) is 5.78 Å². The highest BCUT2D eigenvalue weighted by atomic mass is 16.3. The minimum absolute atomic E-state index is 0.144. The molecule has 0 aliphatic carbocycles. The van der Waals surface area contributed by atoms with Gasteiger partial charge in [0.05, 0.1) is 0 Å². The average molecular weight is 367 g/mol. The summed E-state index contributed by atoms with van der Waals surface area (Å²) in [6.07, 6.45) is 0. The molecule has 0 bridgehead atoms. The van der Waals surface area contributed by atoms with E-state index in [9.17, 15) is 14.8 Å². The van der Waals surface area contributed by atoms with Crippen molar-refractivity contribution >= 4 is 5.78 Å². The first kappa shape index (κ1) is 20.8. The van der Waals surface area contributed by atoms with E-state index in [1.165, 1.54) is 0 Å². The monoisotopic (exact) mass is 367 g/mol. The Labute approximate surface area is 161 Å². The highest BCUT2D eigenvalue weighted by Gasteiger charge is 2.34. The molecular weight excluding hydrogens is 338 g/mol. The highest BCUT2D eigenvalue weighted by molar-refractivity contribution is 6.10. The van der Waals surface area contributed by atoms with Crippen LogP contribution in [-0.2, 0) is 10.8 Å². The number of carbonyl (C=O) groups is 1. The second-order valence-electron chi connectivity index (χ2n) is 9.09. The number of benzene rings is 2. The van der Waals surface area contributed by atoms with Gasteiger partial charge in [-0.1, -0.05) is 77.1 Å². The summed E-state index contributed by atoms with van der Waals surface area (Å²) in [6.45, 7) is 13.5. The zero-order valence-corrected chi connectivity index (χ0v) is 17.3. The van der Waals surface area contributed by atoms with Gasteiger partial charge in [-0.15, -0.1) is 0 Å². The second-order valence-corrected chi connectivity index (χ2v) is 9.09. The number of phenols is 1. The van der Waals surface area contributed by atoms with E-state index in [-0.39, 0.29) is 16.9 Å². The van der Waals surface area contributed by atoms with Crippen molar-refractivity contribution in [3.05, 3.63) is 69.1 Å². The Morgan fingerprint density at radius 3 is 2.00 bits per heavy atom. The summed E-state index contributed by atoms with van der Waals surface area (Å²) >= 11 is 0. The molecule has 0 radical (unpaired) electrons.